The minimum Gasteiger partial charge on any atom is -0.748 e. The number of amides is 1. The minimum absolute atomic E-state index is 0. The van der Waals surface area contributed by atoms with Crippen LogP contribution in [0.25, 0.3) is 10.8 Å². The average molecular weight is 841 g/mol. The van der Waals surface area contributed by atoms with Crippen molar-refractivity contribution in [1.82, 2.24) is 0 Å². The first-order chi connectivity index (χ1) is 25.2. The fraction of sp³-hybridized carbons (Fsp3) is 0.216. The molecule has 284 valence electrons. The minimum atomic E-state index is -5.33. The first-order valence-corrected chi connectivity index (χ1v) is 20.6. The van der Waals surface area contributed by atoms with Gasteiger partial charge in [0.15, 0.2) is 5.71 Å². The van der Waals surface area contributed by atoms with Crippen LogP contribution in [0.3, 0.4) is 0 Å². The number of ether oxygens (including phenoxy) is 1. The van der Waals surface area contributed by atoms with Gasteiger partial charge in [0.1, 0.15) is 26.8 Å². The summed E-state index contributed by atoms with van der Waals surface area (Å²) in [6.07, 6.45) is 6.33. The van der Waals surface area contributed by atoms with Crippen molar-refractivity contribution in [3.05, 3.63) is 120 Å². The van der Waals surface area contributed by atoms with Crippen LogP contribution >= 0.6 is 0 Å². The number of rotatable bonds is 13. The summed E-state index contributed by atoms with van der Waals surface area (Å²) in [7, 11) is -14.0. The number of hydrogen-bond donors (Lipinski definition) is 0. The second-order valence-electron chi connectivity index (χ2n) is 12.7. The Hall–Kier alpha value is -3.04. The molecule has 5 rings (SSSR count). The van der Waals surface area contributed by atoms with Gasteiger partial charge in [0.2, 0.25) is 11.6 Å². The Bertz CT molecular complexity index is 2580. The normalized spacial score (nSPS) is 15.8. The van der Waals surface area contributed by atoms with Crippen molar-refractivity contribution in [1.29, 1.82) is 0 Å². The molecule has 1 aliphatic heterocycles. The molecule has 0 N–H and O–H groups in total. The van der Waals surface area contributed by atoms with Gasteiger partial charge in [0.05, 0.1) is 38.0 Å². The molecule has 1 unspecified atom stereocenters. The molecule has 0 aromatic heterocycles. The van der Waals surface area contributed by atoms with Crippen LogP contribution in [0.5, 0.6) is 0 Å². The van der Waals surface area contributed by atoms with E-state index in [1.54, 1.807) is 72.2 Å². The quantitative estimate of drug-likeness (QED) is 0.0474. The summed E-state index contributed by atoms with van der Waals surface area (Å²) in [6, 6.07) is 19.5. The first kappa shape index (κ1) is 47.3. The maximum Gasteiger partial charge on any atom is 1.00 e. The van der Waals surface area contributed by atoms with Gasteiger partial charge in [-0.1, -0.05) is 36.4 Å². The Morgan fingerprint density at radius 3 is 2.04 bits per heavy atom. The molecular weight excluding hydrogens is 807 g/mol. The van der Waals surface area contributed by atoms with Gasteiger partial charge < -0.3 is 18.4 Å². The predicted octanol–water partition coefficient (Wildman–Crippen LogP) is -1.90. The van der Waals surface area contributed by atoms with Crippen LogP contribution in [0.15, 0.2) is 113 Å². The molecule has 0 aliphatic carbocycles. The molecule has 14 nitrogen and oxygen atoms in total. The van der Waals surface area contributed by atoms with Crippen LogP contribution in [-0.4, -0.2) is 80.5 Å². The zero-order valence-electron chi connectivity index (χ0n) is 31.2. The maximum atomic E-state index is 12.5. The monoisotopic (exact) mass is 840 g/mol. The van der Waals surface area contributed by atoms with Crippen molar-refractivity contribution >= 4 is 70.1 Å². The van der Waals surface area contributed by atoms with E-state index in [1.807, 2.05) is 0 Å². The third-order valence-corrected chi connectivity index (χ3v) is 11.5. The molecule has 56 heavy (non-hydrogen) atoms. The Balaban J connectivity index is 0.00000420. The van der Waals surface area contributed by atoms with Crippen LogP contribution in [0.2, 0.25) is 0 Å². The fourth-order valence-electron chi connectivity index (χ4n) is 6.70. The molecule has 0 bridgehead atoms. The summed E-state index contributed by atoms with van der Waals surface area (Å²) in [5.74, 6) is -1.59. The van der Waals surface area contributed by atoms with Crippen molar-refractivity contribution in [3.8, 4) is 0 Å². The van der Waals surface area contributed by atoms with Gasteiger partial charge in [-0.25, -0.2) is 30.0 Å². The second kappa shape index (κ2) is 18.7. The van der Waals surface area contributed by atoms with E-state index in [0.29, 0.717) is 34.3 Å². The van der Waals surface area contributed by atoms with Crippen molar-refractivity contribution < 1.29 is 117 Å². The standard InChI is InChI=1S/C37H36N2O12S3.2Na/c1-25(40)38(28-10-5-4-6-11-28)19-8-7-12-34-37(2,24-26-13-15-27(16-14-26)36(41)51-3)35-31-22-29(53(45,46)47)23-33(54(48,49)50)30(31)17-18-32(35)39(34)20-9-21-52(42,43)44;;/h4-8,10-19,22-23H,9,20-21,24H2,1-3H3,(H2-,42,43,44,45,46,47,48,49,50);;/q;2*+1/p-2. The zero-order chi connectivity index (χ0) is 39.6. The number of allylic oxidation sites excluding steroid dienone is 3. The zero-order valence-corrected chi connectivity index (χ0v) is 37.6. The van der Waals surface area contributed by atoms with Crippen LogP contribution in [-0.2, 0) is 51.7 Å². The van der Waals surface area contributed by atoms with E-state index in [2.05, 4.69) is 0 Å². The van der Waals surface area contributed by atoms with E-state index in [-0.39, 0.29) is 101 Å². The van der Waals surface area contributed by atoms with Crippen LogP contribution in [0.1, 0.15) is 41.8 Å². The Labute approximate surface area is 369 Å². The van der Waals surface area contributed by atoms with Gasteiger partial charge >= 0.3 is 65.1 Å². The first-order valence-electron chi connectivity index (χ1n) is 16.2. The number of hydrogen-bond acceptors (Lipinski definition) is 12. The largest absolute Gasteiger partial charge is 1.00 e. The second-order valence-corrected chi connectivity index (χ2v) is 16.9. The maximum absolute atomic E-state index is 12.5. The molecule has 1 heterocycles. The van der Waals surface area contributed by atoms with E-state index >= 15 is 0 Å². The molecule has 0 saturated carbocycles. The van der Waals surface area contributed by atoms with E-state index in [4.69, 9.17) is 4.74 Å². The Morgan fingerprint density at radius 2 is 1.48 bits per heavy atom. The molecule has 0 radical (unpaired) electrons. The van der Waals surface area contributed by atoms with Crippen LogP contribution in [0.4, 0.5) is 11.4 Å². The van der Waals surface area contributed by atoms with Crippen molar-refractivity contribution in [3.63, 3.8) is 0 Å². The third kappa shape index (κ3) is 10.7. The molecule has 0 saturated heterocycles. The average Bonchev–Trinajstić information content (AvgIpc) is 3.33. The summed E-state index contributed by atoms with van der Waals surface area (Å²) in [5.41, 5.74) is 1.35. The van der Waals surface area contributed by atoms with Crippen LogP contribution in [0, 0.1) is 0 Å². The number of carbonyl (C=O) groups excluding carboxylic acids is 2. The summed E-state index contributed by atoms with van der Waals surface area (Å²) in [4.78, 5) is 24.2. The van der Waals surface area contributed by atoms with Gasteiger partial charge in [0, 0.05) is 54.1 Å². The number of nitrogens with zero attached hydrogens (tertiary/aromatic N) is 2. The van der Waals surface area contributed by atoms with E-state index < -0.39 is 57.3 Å². The SMILES string of the molecule is COC(=O)c1ccc(CC2(C)C(/C=C/C=C/N(C(C)=O)c3ccccc3)=[N+](CCCS(=O)(=O)[O-])c3ccc4c(S(=O)(=O)[O-])cc(S(=O)(=O)[O-])cc4c32)cc1.[Na+].[Na+]. The molecule has 0 fully saturated rings. The topological polar surface area (TPSA) is 221 Å². The predicted molar refractivity (Wildman–Crippen MR) is 196 cm³/mol. The Kier molecular flexibility index (Phi) is 15.8. The van der Waals surface area contributed by atoms with Crippen LogP contribution < -0.4 is 64.0 Å². The van der Waals surface area contributed by atoms with Gasteiger partial charge in [-0.05, 0) is 72.8 Å². The molecule has 1 amide bonds. The fourth-order valence-corrected chi connectivity index (χ4v) is 8.50. The summed E-state index contributed by atoms with van der Waals surface area (Å²) < 4.78 is 116. The van der Waals surface area contributed by atoms with Crippen molar-refractivity contribution in [2.45, 2.75) is 41.9 Å². The number of para-hydroxylation sites is 1. The van der Waals surface area contributed by atoms with Gasteiger partial charge in [-0.3, -0.25) is 9.69 Å². The smallest absolute Gasteiger partial charge is 0.748 e. The number of methoxy groups -OCH3 is 1. The van der Waals surface area contributed by atoms with E-state index in [0.717, 1.165) is 6.07 Å². The number of esters is 1. The number of carbonyl (C=O) groups is 2. The van der Waals surface area contributed by atoms with Gasteiger partial charge in [0.25, 0.3) is 0 Å². The number of anilines is 1. The third-order valence-electron chi connectivity index (χ3n) is 8.99. The van der Waals surface area contributed by atoms with Gasteiger partial charge in [-0.2, -0.15) is 4.58 Å². The summed E-state index contributed by atoms with van der Waals surface area (Å²) in [5, 5.41) is -0.199. The van der Waals surface area contributed by atoms with Crippen molar-refractivity contribution in [2.75, 3.05) is 24.3 Å². The molecule has 4 aromatic carbocycles. The summed E-state index contributed by atoms with van der Waals surface area (Å²) in [6.45, 7) is 3.08. The molecular formula is C37H34N2Na2O12S3. The number of benzene rings is 4. The molecule has 1 aliphatic rings. The van der Waals surface area contributed by atoms with E-state index in [1.165, 1.54) is 49.4 Å². The molecule has 19 heteroatoms. The van der Waals surface area contributed by atoms with E-state index in [9.17, 15) is 48.5 Å². The summed E-state index contributed by atoms with van der Waals surface area (Å²) >= 11 is 0. The van der Waals surface area contributed by atoms with Gasteiger partial charge in [-0.15, -0.1) is 0 Å². The molecule has 1 atom stereocenters. The van der Waals surface area contributed by atoms with Crippen molar-refractivity contribution in [2.24, 2.45) is 0 Å². The number of fused-ring (bicyclic) bond motifs is 3. The molecule has 0 spiro atoms. The Morgan fingerprint density at radius 1 is 0.839 bits per heavy atom. The molecule has 4 aromatic rings.